The van der Waals surface area contributed by atoms with Crippen LogP contribution in [0.15, 0.2) is 18.2 Å². The minimum atomic E-state index is 0.325. The highest BCUT2D eigenvalue weighted by Gasteiger charge is 2.08. The van der Waals surface area contributed by atoms with Crippen LogP contribution >= 0.6 is 0 Å². The van der Waals surface area contributed by atoms with Crippen LogP contribution in [0, 0.1) is 13.8 Å². The first-order chi connectivity index (χ1) is 9.15. The molecule has 0 aliphatic heterocycles. The summed E-state index contributed by atoms with van der Waals surface area (Å²) in [5.74, 6) is 0. The molecule has 0 fully saturated rings. The van der Waals surface area contributed by atoms with E-state index in [1.807, 2.05) is 0 Å². The molecule has 0 bridgehead atoms. The molecular formula is C18H31N. The molecule has 1 atom stereocenters. The fourth-order valence-corrected chi connectivity index (χ4v) is 2.72. The average Bonchev–Trinajstić information content (AvgIpc) is 2.38. The number of aryl methyl sites for hydroxylation is 2. The molecule has 0 heterocycles. The van der Waals surface area contributed by atoms with E-state index in [1.54, 1.807) is 0 Å². The number of benzene rings is 1. The first-order valence-electron chi connectivity index (χ1n) is 7.95. The molecule has 1 aromatic rings. The summed E-state index contributed by atoms with van der Waals surface area (Å²) in [6.07, 6.45) is 10.3. The third-order valence-electron chi connectivity index (χ3n) is 4.04. The van der Waals surface area contributed by atoms with Gasteiger partial charge in [-0.3, -0.25) is 0 Å². The van der Waals surface area contributed by atoms with Crippen molar-refractivity contribution in [3.05, 3.63) is 34.9 Å². The second-order valence-electron chi connectivity index (χ2n) is 5.89. The van der Waals surface area contributed by atoms with Gasteiger partial charge in [-0.25, -0.2) is 0 Å². The summed E-state index contributed by atoms with van der Waals surface area (Å²) in [6.45, 7) is 6.65. The first-order valence-corrected chi connectivity index (χ1v) is 7.95. The van der Waals surface area contributed by atoms with E-state index in [1.165, 1.54) is 61.6 Å². The maximum atomic E-state index is 6.28. The van der Waals surface area contributed by atoms with Crippen molar-refractivity contribution in [1.82, 2.24) is 0 Å². The van der Waals surface area contributed by atoms with Gasteiger partial charge >= 0.3 is 0 Å². The van der Waals surface area contributed by atoms with E-state index in [-0.39, 0.29) is 0 Å². The molecule has 1 heteroatoms. The van der Waals surface area contributed by atoms with Gasteiger partial charge < -0.3 is 5.73 Å². The van der Waals surface area contributed by atoms with Crippen LogP contribution in [0.2, 0.25) is 0 Å². The number of nitrogens with two attached hydrogens (primary N) is 1. The van der Waals surface area contributed by atoms with Crippen LogP contribution in [0.4, 0.5) is 0 Å². The van der Waals surface area contributed by atoms with Gasteiger partial charge in [0.05, 0.1) is 0 Å². The minimum absolute atomic E-state index is 0.325. The van der Waals surface area contributed by atoms with Gasteiger partial charge in [0, 0.05) is 6.04 Å². The molecule has 1 nitrogen and oxygen atoms in total. The van der Waals surface area contributed by atoms with Gasteiger partial charge in [-0.1, -0.05) is 63.6 Å². The highest BCUT2D eigenvalue weighted by atomic mass is 14.6. The van der Waals surface area contributed by atoms with Crippen LogP contribution < -0.4 is 5.73 Å². The summed E-state index contributed by atoms with van der Waals surface area (Å²) in [6, 6.07) is 6.85. The number of hydrogen-bond acceptors (Lipinski definition) is 1. The molecule has 0 saturated carbocycles. The van der Waals surface area contributed by atoms with Crippen molar-refractivity contribution < 1.29 is 0 Å². The summed E-state index contributed by atoms with van der Waals surface area (Å²) in [4.78, 5) is 0. The molecule has 1 rings (SSSR count). The van der Waals surface area contributed by atoms with E-state index >= 15 is 0 Å². The normalized spacial score (nSPS) is 12.6. The molecule has 1 unspecified atom stereocenters. The Morgan fingerprint density at radius 1 is 0.947 bits per heavy atom. The van der Waals surface area contributed by atoms with E-state index in [4.69, 9.17) is 5.73 Å². The van der Waals surface area contributed by atoms with Crippen LogP contribution in [-0.2, 0) is 6.42 Å². The average molecular weight is 261 g/mol. The van der Waals surface area contributed by atoms with Gasteiger partial charge in [0.1, 0.15) is 0 Å². The van der Waals surface area contributed by atoms with Crippen LogP contribution in [0.1, 0.15) is 68.6 Å². The summed E-state index contributed by atoms with van der Waals surface area (Å²) < 4.78 is 0. The van der Waals surface area contributed by atoms with Crippen molar-refractivity contribution in [2.75, 3.05) is 0 Å². The van der Waals surface area contributed by atoms with Gasteiger partial charge in [-0.15, -0.1) is 0 Å². The predicted octanol–water partition coefficient (Wildman–Crippen LogP) is 4.92. The smallest absolute Gasteiger partial charge is 0.00795 e. The Bertz CT molecular complexity index is 336. The summed E-state index contributed by atoms with van der Waals surface area (Å²) >= 11 is 0. The third kappa shape index (κ3) is 6.24. The molecule has 0 aliphatic carbocycles. The van der Waals surface area contributed by atoms with Crippen LogP contribution in [0.5, 0.6) is 0 Å². The summed E-state index contributed by atoms with van der Waals surface area (Å²) in [7, 11) is 0. The Hall–Kier alpha value is -0.820. The molecule has 0 spiro atoms. The van der Waals surface area contributed by atoms with E-state index < -0.39 is 0 Å². The molecule has 108 valence electrons. The van der Waals surface area contributed by atoms with Gasteiger partial charge in [-0.2, -0.15) is 0 Å². The maximum absolute atomic E-state index is 6.28. The lowest BCUT2D eigenvalue weighted by Gasteiger charge is -2.15. The molecule has 0 aliphatic rings. The lowest BCUT2D eigenvalue weighted by atomic mass is 9.94. The number of rotatable bonds is 9. The van der Waals surface area contributed by atoms with Gasteiger partial charge in [0.25, 0.3) is 0 Å². The van der Waals surface area contributed by atoms with E-state index in [0.29, 0.717) is 6.04 Å². The van der Waals surface area contributed by atoms with Gasteiger partial charge in [0.2, 0.25) is 0 Å². The quantitative estimate of drug-likeness (QED) is 0.627. The molecule has 0 aromatic heterocycles. The lowest BCUT2D eigenvalue weighted by molar-refractivity contribution is 0.531. The van der Waals surface area contributed by atoms with Gasteiger partial charge in [-0.05, 0) is 43.4 Å². The Kier molecular flexibility index (Phi) is 7.81. The second kappa shape index (κ2) is 9.14. The minimum Gasteiger partial charge on any atom is -0.327 e. The van der Waals surface area contributed by atoms with Crippen LogP contribution in [0.3, 0.4) is 0 Å². The van der Waals surface area contributed by atoms with E-state index in [0.717, 1.165) is 6.42 Å². The van der Waals surface area contributed by atoms with Gasteiger partial charge in [0.15, 0.2) is 0 Å². The first kappa shape index (κ1) is 16.2. The molecule has 2 N–H and O–H groups in total. The zero-order valence-corrected chi connectivity index (χ0v) is 13.0. The SMILES string of the molecule is CCCCCCCCC(N)Cc1c(C)cccc1C. The zero-order chi connectivity index (χ0) is 14.1. The summed E-state index contributed by atoms with van der Waals surface area (Å²) in [5.41, 5.74) is 10.5. The second-order valence-corrected chi connectivity index (χ2v) is 5.89. The van der Waals surface area contributed by atoms with Crippen molar-refractivity contribution in [3.63, 3.8) is 0 Å². The lowest BCUT2D eigenvalue weighted by Crippen LogP contribution is -2.23. The van der Waals surface area contributed by atoms with Crippen molar-refractivity contribution >= 4 is 0 Å². The van der Waals surface area contributed by atoms with Crippen molar-refractivity contribution in [3.8, 4) is 0 Å². The maximum Gasteiger partial charge on any atom is 0.00795 e. The Labute approximate surface area is 119 Å². The highest BCUT2D eigenvalue weighted by molar-refractivity contribution is 5.34. The fourth-order valence-electron chi connectivity index (χ4n) is 2.72. The Morgan fingerprint density at radius 2 is 1.53 bits per heavy atom. The standard InChI is InChI=1S/C18H31N/c1-4-5-6-7-8-9-13-17(19)14-18-15(2)11-10-12-16(18)3/h10-12,17H,4-9,13-14,19H2,1-3H3. The molecule has 0 amide bonds. The molecule has 0 saturated heterocycles. The van der Waals surface area contributed by atoms with E-state index in [9.17, 15) is 0 Å². The Morgan fingerprint density at radius 3 is 2.16 bits per heavy atom. The van der Waals surface area contributed by atoms with Crippen molar-refractivity contribution in [1.29, 1.82) is 0 Å². The molecule has 0 radical (unpaired) electrons. The number of unbranched alkanes of at least 4 members (excludes halogenated alkanes) is 5. The third-order valence-corrected chi connectivity index (χ3v) is 4.04. The predicted molar refractivity (Wildman–Crippen MR) is 85.6 cm³/mol. The molecular weight excluding hydrogens is 230 g/mol. The van der Waals surface area contributed by atoms with Crippen LogP contribution in [-0.4, -0.2) is 6.04 Å². The highest BCUT2D eigenvalue weighted by Crippen LogP contribution is 2.17. The fraction of sp³-hybridized carbons (Fsp3) is 0.667. The Balaban J connectivity index is 2.25. The number of hydrogen-bond donors (Lipinski definition) is 1. The van der Waals surface area contributed by atoms with Crippen molar-refractivity contribution in [2.24, 2.45) is 5.73 Å². The zero-order valence-electron chi connectivity index (χ0n) is 13.0. The monoisotopic (exact) mass is 261 g/mol. The topological polar surface area (TPSA) is 26.0 Å². The summed E-state index contributed by atoms with van der Waals surface area (Å²) in [5, 5.41) is 0. The largest absolute Gasteiger partial charge is 0.327 e. The van der Waals surface area contributed by atoms with E-state index in [2.05, 4.69) is 39.0 Å². The van der Waals surface area contributed by atoms with Crippen molar-refractivity contribution in [2.45, 2.75) is 78.2 Å². The molecule has 19 heavy (non-hydrogen) atoms. The molecule has 1 aromatic carbocycles. The van der Waals surface area contributed by atoms with Crippen LogP contribution in [0.25, 0.3) is 0 Å².